The van der Waals surface area contributed by atoms with Crippen molar-refractivity contribution in [2.45, 2.75) is 26.2 Å². The summed E-state index contributed by atoms with van der Waals surface area (Å²) in [5.41, 5.74) is 0.699. The number of nitrogens with zero attached hydrogens (tertiary/aromatic N) is 3. The molecule has 0 unspecified atom stereocenters. The number of aromatic nitrogens is 2. The molecule has 0 radical (unpaired) electrons. The van der Waals surface area contributed by atoms with E-state index >= 15 is 0 Å². The minimum Gasteiger partial charge on any atom is -0.481 e. The highest BCUT2D eigenvalue weighted by Crippen LogP contribution is 2.13. The number of amides is 1. The smallest absolute Gasteiger partial charge is 0.303 e. The third-order valence-corrected chi connectivity index (χ3v) is 3.07. The van der Waals surface area contributed by atoms with Crippen LogP contribution in [0, 0.1) is 0 Å². The maximum atomic E-state index is 12.0. The van der Waals surface area contributed by atoms with Gasteiger partial charge in [-0.3, -0.25) is 9.59 Å². The average molecular weight is 257 g/mol. The van der Waals surface area contributed by atoms with Gasteiger partial charge in [0.05, 0.1) is 5.69 Å². The highest BCUT2D eigenvalue weighted by Gasteiger charge is 2.18. The minimum atomic E-state index is -0.848. The van der Waals surface area contributed by atoms with Crippen molar-refractivity contribution in [3.05, 3.63) is 10.6 Å². The number of carboxylic acid groups (broad SMARTS) is 1. The van der Waals surface area contributed by atoms with Crippen molar-refractivity contribution in [3.63, 3.8) is 0 Å². The molecule has 94 valence electrons. The second-order valence-corrected chi connectivity index (χ2v) is 4.38. The minimum absolute atomic E-state index is 0.0686. The molecule has 0 spiro atoms. The number of aliphatic carboxylic acids is 1. The van der Waals surface area contributed by atoms with Crippen LogP contribution in [0.5, 0.6) is 0 Å². The Morgan fingerprint density at radius 1 is 1.47 bits per heavy atom. The largest absolute Gasteiger partial charge is 0.481 e. The molecule has 0 saturated carbocycles. The zero-order chi connectivity index (χ0) is 12.8. The van der Waals surface area contributed by atoms with E-state index in [9.17, 15) is 9.59 Å². The summed E-state index contributed by atoms with van der Waals surface area (Å²) in [5.74, 6) is -0.984. The third-order valence-electron chi connectivity index (χ3n) is 2.32. The Morgan fingerprint density at radius 2 is 2.18 bits per heavy atom. The van der Waals surface area contributed by atoms with Crippen LogP contribution < -0.4 is 0 Å². The fourth-order valence-corrected chi connectivity index (χ4v) is 2.09. The van der Waals surface area contributed by atoms with Gasteiger partial charge in [0.25, 0.3) is 5.91 Å². The molecule has 0 saturated heterocycles. The highest BCUT2D eigenvalue weighted by atomic mass is 32.1. The monoisotopic (exact) mass is 257 g/mol. The molecule has 6 nitrogen and oxygen atoms in total. The topological polar surface area (TPSA) is 83.4 Å². The summed E-state index contributed by atoms with van der Waals surface area (Å²) in [6, 6.07) is 0. The number of hydrogen-bond donors (Lipinski definition) is 1. The van der Waals surface area contributed by atoms with Crippen LogP contribution in [0.3, 0.4) is 0 Å². The second-order valence-electron chi connectivity index (χ2n) is 3.63. The van der Waals surface area contributed by atoms with Crippen LogP contribution in [-0.2, 0) is 11.2 Å². The van der Waals surface area contributed by atoms with Crippen molar-refractivity contribution >= 4 is 23.4 Å². The molecule has 0 atom stereocenters. The van der Waals surface area contributed by atoms with E-state index in [1.807, 2.05) is 6.92 Å². The Labute approximate surface area is 103 Å². The Kier molecular flexibility index (Phi) is 5.02. The van der Waals surface area contributed by atoms with Gasteiger partial charge in [0.15, 0.2) is 0 Å². The van der Waals surface area contributed by atoms with Crippen molar-refractivity contribution in [1.82, 2.24) is 14.5 Å². The predicted molar refractivity (Wildman–Crippen MR) is 63.1 cm³/mol. The molecule has 0 aliphatic rings. The summed E-state index contributed by atoms with van der Waals surface area (Å²) in [5, 5.41) is 12.4. The molecule has 0 bridgehead atoms. The summed E-state index contributed by atoms with van der Waals surface area (Å²) in [4.78, 5) is 24.4. The standard InChI is InChI=1S/C10H15N3O3S/c1-3-7-9(17-12-11-7)10(16)13(2)6-4-5-8(14)15/h3-6H2,1-2H3,(H,14,15). The summed E-state index contributed by atoms with van der Waals surface area (Å²) in [6.07, 6.45) is 1.19. The first-order valence-electron chi connectivity index (χ1n) is 5.34. The van der Waals surface area contributed by atoms with Gasteiger partial charge < -0.3 is 10.0 Å². The van der Waals surface area contributed by atoms with Crippen molar-refractivity contribution in [3.8, 4) is 0 Å². The Balaban J connectivity index is 2.54. The van der Waals surface area contributed by atoms with Crippen LogP contribution in [0.1, 0.15) is 35.1 Å². The van der Waals surface area contributed by atoms with Crippen molar-refractivity contribution < 1.29 is 14.7 Å². The molecule has 1 aromatic rings. The summed E-state index contributed by atoms with van der Waals surface area (Å²) < 4.78 is 3.76. The van der Waals surface area contributed by atoms with E-state index in [0.717, 1.165) is 11.5 Å². The van der Waals surface area contributed by atoms with Gasteiger partial charge in [0, 0.05) is 20.0 Å². The molecular formula is C10H15N3O3S. The van der Waals surface area contributed by atoms with Gasteiger partial charge in [0.1, 0.15) is 4.88 Å². The van der Waals surface area contributed by atoms with Gasteiger partial charge in [-0.1, -0.05) is 11.4 Å². The number of carboxylic acids is 1. The molecule has 0 aromatic carbocycles. The molecule has 17 heavy (non-hydrogen) atoms. The first kappa shape index (κ1) is 13.6. The molecule has 1 rings (SSSR count). The SMILES string of the molecule is CCc1nnsc1C(=O)N(C)CCCC(=O)O. The molecule has 1 aromatic heterocycles. The summed E-state index contributed by atoms with van der Waals surface area (Å²) >= 11 is 1.08. The van der Waals surface area contributed by atoms with Crippen molar-refractivity contribution in [1.29, 1.82) is 0 Å². The van der Waals surface area contributed by atoms with Crippen molar-refractivity contribution in [2.24, 2.45) is 0 Å². The Bertz CT molecular complexity index is 405. The van der Waals surface area contributed by atoms with Crippen LogP contribution in [0.15, 0.2) is 0 Å². The lowest BCUT2D eigenvalue weighted by molar-refractivity contribution is -0.137. The molecule has 1 amide bonds. The maximum Gasteiger partial charge on any atom is 0.303 e. The lowest BCUT2D eigenvalue weighted by Crippen LogP contribution is -2.28. The number of aryl methyl sites for hydroxylation is 1. The van der Waals surface area contributed by atoms with Gasteiger partial charge in [0.2, 0.25) is 0 Å². The van der Waals surface area contributed by atoms with Gasteiger partial charge in [-0.2, -0.15) is 0 Å². The van der Waals surface area contributed by atoms with E-state index in [1.54, 1.807) is 7.05 Å². The maximum absolute atomic E-state index is 12.0. The quantitative estimate of drug-likeness (QED) is 0.823. The van der Waals surface area contributed by atoms with Crippen LogP contribution in [0.4, 0.5) is 0 Å². The first-order chi connectivity index (χ1) is 8.06. The fraction of sp³-hybridized carbons (Fsp3) is 0.600. The Morgan fingerprint density at radius 3 is 2.76 bits per heavy atom. The molecule has 0 fully saturated rings. The Hall–Kier alpha value is -1.50. The molecule has 0 aliphatic carbocycles. The predicted octanol–water partition coefficient (Wildman–Crippen LogP) is 1.04. The van der Waals surface area contributed by atoms with E-state index in [0.29, 0.717) is 30.0 Å². The van der Waals surface area contributed by atoms with Crippen LogP contribution in [0.2, 0.25) is 0 Å². The molecule has 1 N–H and O–H groups in total. The number of hydrogen-bond acceptors (Lipinski definition) is 5. The van der Waals surface area contributed by atoms with Gasteiger partial charge >= 0.3 is 5.97 Å². The van der Waals surface area contributed by atoms with Crippen LogP contribution >= 0.6 is 11.5 Å². The third kappa shape index (κ3) is 3.77. The van der Waals surface area contributed by atoms with Gasteiger partial charge in [-0.15, -0.1) is 5.10 Å². The average Bonchev–Trinajstić information content (AvgIpc) is 2.75. The molecule has 7 heteroatoms. The summed E-state index contributed by atoms with van der Waals surface area (Å²) in [7, 11) is 1.66. The van der Waals surface area contributed by atoms with E-state index in [-0.39, 0.29) is 12.3 Å². The first-order valence-corrected chi connectivity index (χ1v) is 6.12. The number of carbonyl (C=O) groups excluding carboxylic acids is 1. The second kappa shape index (κ2) is 6.29. The highest BCUT2D eigenvalue weighted by molar-refractivity contribution is 7.07. The van der Waals surface area contributed by atoms with E-state index in [4.69, 9.17) is 5.11 Å². The van der Waals surface area contributed by atoms with E-state index in [1.165, 1.54) is 4.90 Å². The van der Waals surface area contributed by atoms with Gasteiger partial charge in [-0.25, -0.2) is 0 Å². The van der Waals surface area contributed by atoms with Crippen LogP contribution in [0.25, 0.3) is 0 Å². The lowest BCUT2D eigenvalue weighted by Gasteiger charge is -2.15. The number of rotatable bonds is 6. The van der Waals surface area contributed by atoms with E-state index < -0.39 is 5.97 Å². The zero-order valence-corrected chi connectivity index (χ0v) is 10.7. The summed E-state index contributed by atoms with van der Waals surface area (Å²) in [6.45, 7) is 2.34. The zero-order valence-electron chi connectivity index (χ0n) is 9.84. The molecule has 1 heterocycles. The van der Waals surface area contributed by atoms with Gasteiger partial charge in [-0.05, 0) is 24.4 Å². The normalized spacial score (nSPS) is 10.2. The number of carbonyl (C=O) groups is 2. The molecular weight excluding hydrogens is 242 g/mol. The fourth-order valence-electron chi connectivity index (χ4n) is 1.34. The molecule has 0 aliphatic heterocycles. The van der Waals surface area contributed by atoms with Crippen LogP contribution in [-0.4, -0.2) is 45.1 Å². The van der Waals surface area contributed by atoms with E-state index in [2.05, 4.69) is 9.59 Å². The van der Waals surface area contributed by atoms with Crippen molar-refractivity contribution in [2.75, 3.05) is 13.6 Å². The lowest BCUT2D eigenvalue weighted by atomic mass is 10.2.